The minimum Gasteiger partial charge on any atom is -0.509 e. The molecule has 0 spiro atoms. The number of benzene rings is 5. The SMILES string of the molecule is CCCc1ccc2c(c1CCC)c1ccc(Oc3[c-]c(N4[CH-]N(c5ccccc5)c5ccccc54)ccc3)[c-]c1n2-c1ccccn1.[Pt]. The summed E-state index contributed by atoms with van der Waals surface area (Å²) < 4.78 is 8.74. The van der Waals surface area contributed by atoms with E-state index in [-0.39, 0.29) is 21.1 Å². The Morgan fingerprint density at radius 1 is 0.688 bits per heavy atom. The molecule has 1 aliphatic heterocycles. The summed E-state index contributed by atoms with van der Waals surface area (Å²) in [7, 11) is 0. The van der Waals surface area contributed by atoms with Crippen LogP contribution in [0.1, 0.15) is 37.8 Å². The van der Waals surface area contributed by atoms with Gasteiger partial charge in [0.05, 0.1) is 0 Å². The van der Waals surface area contributed by atoms with E-state index in [0.717, 1.165) is 65.3 Å². The zero-order chi connectivity index (χ0) is 31.7. The first-order valence-corrected chi connectivity index (χ1v) is 16.4. The van der Waals surface area contributed by atoms with Crippen molar-refractivity contribution in [2.45, 2.75) is 39.5 Å². The van der Waals surface area contributed by atoms with E-state index in [9.17, 15) is 0 Å². The molecule has 3 heterocycles. The molecule has 48 heavy (non-hydrogen) atoms. The van der Waals surface area contributed by atoms with E-state index in [0.29, 0.717) is 11.5 Å². The van der Waals surface area contributed by atoms with E-state index < -0.39 is 0 Å². The Kier molecular flexibility index (Phi) is 9.06. The Bertz CT molecular complexity index is 2200. The molecule has 0 aliphatic carbocycles. The third kappa shape index (κ3) is 5.67. The Hall–Kier alpha value is -4.86. The summed E-state index contributed by atoms with van der Waals surface area (Å²) in [5, 5.41) is 2.46. The van der Waals surface area contributed by atoms with Gasteiger partial charge in [0.2, 0.25) is 0 Å². The number of aromatic nitrogens is 2. The van der Waals surface area contributed by atoms with Gasteiger partial charge >= 0.3 is 0 Å². The predicted octanol–water partition coefficient (Wildman–Crippen LogP) is 10.9. The maximum Gasteiger partial charge on any atom is 0.135 e. The average Bonchev–Trinajstić information content (AvgIpc) is 3.67. The number of para-hydroxylation sites is 3. The van der Waals surface area contributed by atoms with Crippen LogP contribution in [-0.2, 0) is 33.9 Å². The van der Waals surface area contributed by atoms with Crippen LogP contribution in [0, 0.1) is 18.8 Å². The number of hydrogen-bond acceptors (Lipinski definition) is 4. The van der Waals surface area contributed by atoms with Crippen LogP contribution in [0.15, 0.2) is 121 Å². The van der Waals surface area contributed by atoms with Crippen LogP contribution in [0.3, 0.4) is 0 Å². The van der Waals surface area contributed by atoms with Crippen LogP contribution in [-0.4, -0.2) is 9.55 Å². The summed E-state index contributed by atoms with van der Waals surface area (Å²) in [4.78, 5) is 9.11. The first-order chi connectivity index (χ1) is 23.2. The number of rotatable bonds is 9. The number of fused-ring (bicyclic) bond motifs is 4. The fourth-order valence-corrected chi connectivity index (χ4v) is 6.80. The van der Waals surface area contributed by atoms with E-state index in [1.165, 1.54) is 21.9 Å². The van der Waals surface area contributed by atoms with Crippen molar-refractivity contribution in [3.05, 3.63) is 151 Å². The molecule has 6 heteroatoms. The van der Waals surface area contributed by atoms with E-state index in [1.807, 2.05) is 42.6 Å². The minimum absolute atomic E-state index is 0. The van der Waals surface area contributed by atoms with Crippen LogP contribution in [0.5, 0.6) is 11.5 Å². The van der Waals surface area contributed by atoms with Crippen molar-refractivity contribution >= 4 is 44.6 Å². The first kappa shape index (κ1) is 31.7. The molecule has 5 aromatic carbocycles. The molecule has 0 atom stereocenters. The molecule has 242 valence electrons. The van der Waals surface area contributed by atoms with Gasteiger partial charge in [0, 0.05) is 61.3 Å². The minimum atomic E-state index is 0. The fourth-order valence-electron chi connectivity index (χ4n) is 6.80. The third-order valence-corrected chi connectivity index (χ3v) is 8.82. The van der Waals surface area contributed by atoms with Gasteiger partial charge in [-0.05, 0) is 71.8 Å². The molecule has 5 nitrogen and oxygen atoms in total. The Labute approximate surface area is 296 Å². The molecule has 0 saturated heterocycles. The Balaban J connectivity index is 0.00000364. The van der Waals surface area contributed by atoms with Gasteiger partial charge in [-0.15, -0.1) is 48.1 Å². The van der Waals surface area contributed by atoms with Crippen molar-refractivity contribution in [2.24, 2.45) is 0 Å². The third-order valence-electron chi connectivity index (χ3n) is 8.82. The monoisotopic (exact) mass is 806 g/mol. The number of anilines is 4. The van der Waals surface area contributed by atoms with Crippen LogP contribution in [0.2, 0.25) is 0 Å². The van der Waals surface area contributed by atoms with E-state index >= 15 is 0 Å². The fraction of sp³-hybridized carbons (Fsp3) is 0.143. The molecule has 0 amide bonds. The topological polar surface area (TPSA) is 33.5 Å². The van der Waals surface area contributed by atoms with Crippen molar-refractivity contribution < 1.29 is 25.8 Å². The van der Waals surface area contributed by atoms with E-state index in [2.05, 4.69) is 126 Å². The number of ether oxygens (including phenoxy) is 1. The zero-order valence-electron chi connectivity index (χ0n) is 27.0. The summed E-state index contributed by atoms with van der Waals surface area (Å²) in [6.45, 7) is 6.62. The van der Waals surface area contributed by atoms with Crippen LogP contribution >= 0.6 is 0 Å². The van der Waals surface area contributed by atoms with Gasteiger partial charge in [0.25, 0.3) is 0 Å². The summed E-state index contributed by atoms with van der Waals surface area (Å²) >= 11 is 0. The average molecular weight is 807 g/mol. The second kappa shape index (κ2) is 13.7. The number of hydrogen-bond donors (Lipinski definition) is 0. The van der Waals surface area contributed by atoms with Gasteiger partial charge in [-0.1, -0.05) is 74.7 Å². The summed E-state index contributed by atoms with van der Waals surface area (Å²) in [6, 6.07) is 46.8. The quantitative estimate of drug-likeness (QED) is 0.136. The van der Waals surface area contributed by atoms with Gasteiger partial charge in [-0.3, -0.25) is 0 Å². The number of pyridine rings is 1. The van der Waals surface area contributed by atoms with Gasteiger partial charge < -0.3 is 19.1 Å². The molecule has 2 aromatic heterocycles. The summed E-state index contributed by atoms with van der Waals surface area (Å²) in [6.07, 6.45) is 6.16. The Morgan fingerprint density at radius 2 is 1.44 bits per heavy atom. The van der Waals surface area contributed by atoms with Crippen molar-refractivity contribution in [1.29, 1.82) is 0 Å². The van der Waals surface area contributed by atoms with Crippen LogP contribution in [0.25, 0.3) is 27.6 Å². The first-order valence-electron chi connectivity index (χ1n) is 16.4. The second-order valence-electron chi connectivity index (χ2n) is 11.9. The van der Waals surface area contributed by atoms with Crippen molar-refractivity contribution in [3.8, 4) is 17.3 Å². The van der Waals surface area contributed by atoms with Crippen molar-refractivity contribution in [1.82, 2.24) is 9.55 Å². The van der Waals surface area contributed by atoms with Gasteiger partial charge in [-0.2, -0.15) is 12.1 Å². The molecule has 0 bridgehead atoms. The molecule has 8 rings (SSSR count). The second-order valence-corrected chi connectivity index (χ2v) is 11.9. The standard InChI is InChI=1S/C42H35N4O.Pt/c1-3-13-30-22-25-39-42(35(30)14-4-2)36-24-23-34(28-40(36)46(39)41-21-10-11-26-43-41)47-33-18-12-17-32(27-33)45-29-44(31-15-6-5-7-16-31)37-19-8-9-20-38(37)45;/h5-12,15-26,29H,3-4,13-14H2,1-2H3;/q-3;. The Morgan fingerprint density at radius 3 is 2.21 bits per heavy atom. The molecule has 0 N–H and O–H groups in total. The molecule has 0 fully saturated rings. The largest absolute Gasteiger partial charge is 0.509 e. The number of nitrogens with zero attached hydrogens (tertiary/aromatic N) is 4. The predicted molar refractivity (Wildman–Crippen MR) is 192 cm³/mol. The van der Waals surface area contributed by atoms with Crippen molar-refractivity contribution in [2.75, 3.05) is 9.80 Å². The van der Waals surface area contributed by atoms with Gasteiger partial charge in [-0.25, -0.2) is 4.98 Å². The zero-order valence-corrected chi connectivity index (χ0v) is 29.2. The van der Waals surface area contributed by atoms with E-state index in [4.69, 9.17) is 9.72 Å². The molecular formula is C42H35N4OPt-3. The molecular weight excluding hydrogens is 772 g/mol. The van der Waals surface area contributed by atoms with Gasteiger partial charge in [0.1, 0.15) is 5.82 Å². The molecule has 1 aliphatic rings. The van der Waals surface area contributed by atoms with Crippen LogP contribution in [0.4, 0.5) is 22.7 Å². The molecule has 0 unspecified atom stereocenters. The van der Waals surface area contributed by atoms with Crippen molar-refractivity contribution in [3.63, 3.8) is 0 Å². The van der Waals surface area contributed by atoms with Crippen LogP contribution < -0.4 is 14.5 Å². The van der Waals surface area contributed by atoms with Gasteiger partial charge in [0.15, 0.2) is 0 Å². The number of aryl methyl sites for hydroxylation is 2. The molecule has 0 radical (unpaired) electrons. The van der Waals surface area contributed by atoms with E-state index in [1.54, 1.807) is 0 Å². The molecule has 0 saturated carbocycles. The maximum atomic E-state index is 6.51. The smallest absolute Gasteiger partial charge is 0.135 e. The summed E-state index contributed by atoms with van der Waals surface area (Å²) in [5.41, 5.74) is 9.16. The molecule has 7 aromatic rings. The summed E-state index contributed by atoms with van der Waals surface area (Å²) in [5.74, 6) is 2.12. The maximum absolute atomic E-state index is 6.51. The normalized spacial score (nSPS) is 12.4.